The lowest BCUT2D eigenvalue weighted by Crippen LogP contribution is -2.47. The maximum atomic E-state index is 12.6. The Bertz CT molecular complexity index is 817. The molecule has 2 aromatic rings. The highest BCUT2D eigenvalue weighted by molar-refractivity contribution is 6.03. The molecule has 1 fully saturated rings. The molecule has 0 radical (unpaired) electrons. The van der Waals surface area contributed by atoms with Gasteiger partial charge in [0.1, 0.15) is 5.69 Å². The van der Waals surface area contributed by atoms with Gasteiger partial charge in [-0.25, -0.2) is 0 Å². The Kier molecular flexibility index (Phi) is 4.71. The second-order valence-corrected chi connectivity index (χ2v) is 7.56. The van der Waals surface area contributed by atoms with E-state index in [0.717, 1.165) is 17.9 Å². The molecule has 138 valence electrons. The van der Waals surface area contributed by atoms with Gasteiger partial charge in [0.25, 0.3) is 5.91 Å². The first kappa shape index (κ1) is 18.0. The van der Waals surface area contributed by atoms with Crippen molar-refractivity contribution in [2.45, 2.75) is 26.2 Å². The summed E-state index contributed by atoms with van der Waals surface area (Å²) >= 11 is 0. The van der Waals surface area contributed by atoms with Gasteiger partial charge in [0.2, 0.25) is 5.91 Å². The second-order valence-electron chi connectivity index (χ2n) is 7.56. The molecular formula is C19H25N5O2. The molecule has 0 saturated carbocycles. The molecule has 2 amide bonds. The van der Waals surface area contributed by atoms with Crippen LogP contribution in [0.15, 0.2) is 30.3 Å². The van der Waals surface area contributed by atoms with Gasteiger partial charge in [-0.2, -0.15) is 5.10 Å². The fourth-order valence-corrected chi connectivity index (χ4v) is 2.86. The Morgan fingerprint density at radius 2 is 1.92 bits per heavy atom. The Labute approximate surface area is 153 Å². The molecule has 2 heterocycles. The molecule has 7 heteroatoms. The molecule has 7 nitrogen and oxygen atoms in total. The summed E-state index contributed by atoms with van der Waals surface area (Å²) in [6.07, 6.45) is 0. The fourth-order valence-electron chi connectivity index (χ4n) is 2.86. The zero-order valence-corrected chi connectivity index (χ0v) is 15.7. The average molecular weight is 355 g/mol. The predicted octanol–water partition coefficient (Wildman–Crippen LogP) is 1.91. The van der Waals surface area contributed by atoms with Crippen LogP contribution in [0.1, 0.15) is 37.0 Å². The van der Waals surface area contributed by atoms with Gasteiger partial charge in [-0.1, -0.05) is 20.8 Å². The lowest BCUT2D eigenvalue weighted by molar-refractivity contribution is -0.120. The number of carbonyl (C=O) groups is 2. The van der Waals surface area contributed by atoms with Crippen molar-refractivity contribution in [3.05, 3.63) is 41.7 Å². The van der Waals surface area contributed by atoms with Crippen molar-refractivity contribution in [1.82, 2.24) is 15.1 Å². The molecule has 1 aliphatic heterocycles. The Hall–Kier alpha value is -2.83. The van der Waals surface area contributed by atoms with E-state index in [2.05, 4.69) is 36.5 Å². The second kappa shape index (κ2) is 6.82. The van der Waals surface area contributed by atoms with Crippen LogP contribution in [0.2, 0.25) is 0 Å². The molecule has 1 aromatic heterocycles. The molecule has 0 unspecified atom stereocenters. The molecule has 3 rings (SSSR count). The number of nitrogens with zero attached hydrogens (tertiary/aromatic N) is 3. The van der Waals surface area contributed by atoms with Crippen molar-refractivity contribution in [3.8, 4) is 0 Å². The third kappa shape index (κ3) is 3.87. The highest BCUT2D eigenvalue weighted by Crippen LogP contribution is 2.22. The van der Waals surface area contributed by atoms with Gasteiger partial charge >= 0.3 is 0 Å². The van der Waals surface area contributed by atoms with Crippen molar-refractivity contribution in [2.24, 2.45) is 7.05 Å². The Morgan fingerprint density at radius 1 is 1.23 bits per heavy atom. The number of benzene rings is 1. The number of aromatic nitrogens is 2. The highest BCUT2D eigenvalue weighted by atomic mass is 16.2. The minimum absolute atomic E-state index is 0.0273. The standard InChI is InChI=1S/C19H25N5O2/c1-19(2,3)16-11-15(23(4)22-16)18(26)21-13-5-7-14(8-6-13)24-10-9-20-17(25)12-24/h5-8,11H,9-10,12H2,1-4H3,(H,20,25)(H,21,26). The van der Waals surface area contributed by atoms with Gasteiger partial charge in [0, 0.05) is 36.9 Å². The van der Waals surface area contributed by atoms with Crippen LogP contribution >= 0.6 is 0 Å². The number of hydrogen-bond acceptors (Lipinski definition) is 4. The molecule has 26 heavy (non-hydrogen) atoms. The van der Waals surface area contributed by atoms with Crippen molar-refractivity contribution in [3.63, 3.8) is 0 Å². The summed E-state index contributed by atoms with van der Waals surface area (Å²) in [6, 6.07) is 9.35. The summed E-state index contributed by atoms with van der Waals surface area (Å²) in [4.78, 5) is 26.1. The maximum Gasteiger partial charge on any atom is 0.273 e. The molecule has 0 aliphatic carbocycles. The largest absolute Gasteiger partial charge is 0.360 e. The van der Waals surface area contributed by atoms with Crippen LogP contribution < -0.4 is 15.5 Å². The van der Waals surface area contributed by atoms with Crippen LogP contribution in [0.5, 0.6) is 0 Å². The molecule has 0 spiro atoms. The normalized spacial score (nSPS) is 14.9. The van der Waals surface area contributed by atoms with E-state index in [1.54, 1.807) is 11.7 Å². The first-order valence-electron chi connectivity index (χ1n) is 8.71. The number of carbonyl (C=O) groups excluding carboxylic acids is 2. The number of nitrogens with one attached hydrogen (secondary N) is 2. The Balaban J connectivity index is 1.70. The van der Waals surface area contributed by atoms with Crippen LogP contribution in [-0.2, 0) is 17.3 Å². The summed E-state index contributed by atoms with van der Waals surface area (Å²) in [7, 11) is 1.77. The first-order valence-corrected chi connectivity index (χ1v) is 8.71. The summed E-state index contributed by atoms with van der Waals surface area (Å²) < 4.78 is 1.61. The fraction of sp³-hybridized carbons (Fsp3) is 0.421. The van der Waals surface area contributed by atoms with E-state index in [1.807, 2.05) is 35.2 Å². The SMILES string of the molecule is Cn1nc(C(C)(C)C)cc1C(=O)Nc1ccc(N2CCNC(=O)C2)cc1. The van der Waals surface area contributed by atoms with E-state index >= 15 is 0 Å². The van der Waals surface area contributed by atoms with Crippen molar-refractivity contribution in [2.75, 3.05) is 29.9 Å². The van der Waals surface area contributed by atoms with Crippen LogP contribution in [0.4, 0.5) is 11.4 Å². The zero-order valence-electron chi connectivity index (χ0n) is 15.7. The van der Waals surface area contributed by atoms with E-state index in [0.29, 0.717) is 24.5 Å². The lowest BCUT2D eigenvalue weighted by atomic mass is 9.92. The van der Waals surface area contributed by atoms with Gasteiger partial charge in [-0.15, -0.1) is 0 Å². The molecule has 2 N–H and O–H groups in total. The summed E-state index contributed by atoms with van der Waals surface area (Å²) in [6.45, 7) is 7.98. The zero-order chi connectivity index (χ0) is 18.9. The van der Waals surface area contributed by atoms with Gasteiger partial charge in [0.15, 0.2) is 0 Å². The smallest absolute Gasteiger partial charge is 0.273 e. The highest BCUT2D eigenvalue weighted by Gasteiger charge is 2.22. The molecular weight excluding hydrogens is 330 g/mol. The third-order valence-corrected chi connectivity index (χ3v) is 4.41. The third-order valence-electron chi connectivity index (χ3n) is 4.41. The maximum absolute atomic E-state index is 12.6. The first-order chi connectivity index (χ1) is 12.2. The number of amides is 2. The van der Waals surface area contributed by atoms with E-state index in [-0.39, 0.29) is 17.2 Å². The number of hydrogen-bond donors (Lipinski definition) is 2. The number of piperazine rings is 1. The van der Waals surface area contributed by atoms with E-state index in [9.17, 15) is 9.59 Å². The topological polar surface area (TPSA) is 79.3 Å². The van der Waals surface area contributed by atoms with Gasteiger partial charge in [-0.3, -0.25) is 14.3 Å². The van der Waals surface area contributed by atoms with Crippen molar-refractivity contribution in [1.29, 1.82) is 0 Å². The van der Waals surface area contributed by atoms with Gasteiger partial charge in [0.05, 0.1) is 12.2 Å². The van der Waals surface area contributed by atoms with Gasteiger partial charge < -0.3 is 15.5 Å². The van der Waals surface area contributed by atoms with E-state index in [4.69, 9.17) is 0 Å². The van der Waals surface area contributed by atoms with Gasteiger partial charge in [-0.05, 0) is 30.3 Å². The quantitative estimate of drug-likeness (QED) is 0.881. The lowest BCUT2D eigenvalue weighted by Gasteiger charge is -2.28. The number of aryl methyl sites for hydroxylation is 1. The number of rotatable bonds is 3. The minimum atomic E-state index is -0.194. The average Bonchev–Trinajstić information content (AvgIpc) is 2.98. The van der Waals surface area contributed by atoms with Crippen molar-refractivity contribution < 1.29 is 9.59 Å². The van der Waals surface area contributed by atoms with E-state index in [1.165, 1.54) is 0 Å². The van der Waals surface area contributed by atoms with E-state index < -0.39 is 0 Å². The Morgan fingerprint density at radius 3 is 2.50 bits per heavy atom. The molecule has 1 aromatic carbocycles. The van der Waals surface area contributed by atoms with Crippen LogP contribution in [0.3, 0.4) is 0 Å². The van der Waals surface area contributed by atoms with Crippen LogP contribution in [0, 0.1) is 0 Å². The van der Waals surface area contributed by atoms with Crippen LogP contribution in [0.25, 0.3) is 0 Å². The van der Waals surface area contributed by atoms with Crippen LogP contribution in [-0.4, -0.2) is 41.2 Å². The molecule has 0 atom stereocenters. The molecule has 1 aliphatic rings. The summed E-state index contributed by atoms with van der Waals surface area (Å²) in [5, 5.41) is 10.2. The molecule has 0 bridgehead atoms. The summed E-state index contributed by atoms with van der Waals surface area (Å²) in [5.74, 6) is -0.167. The molecule has 1 saturated heterocycles. The van der Waals surface area contributed by atoms with Crippen molar-refractivity contribution >= 4 is 23.2 Å². The number of anilines is 2. The summed E-state index contributed by atoms with van der Waals surface area (Å²) in [5.41, 5.74) is 2.96. The monoisotopic (exact) mass is 355 g/mol. The minimum Gasteiger partial charge on any atom is -0.360 e. The predicted molar refractivity (Wildman–Crippen MR) is 102 cm³/mol.